The first-order chi connectivity index (χ1) is 12.0. The molecule has 0 amide bonds. The summed E-state index contributed by atoms with van der Waals surface area (Å²) in [6, 6.07) is 13.2. The molecule has 1 N–H and O–H groups in total. The van der Waals surface area contributed by atoms with Gasteiger partial charge in [0.1, 0.15) is 11.5 Å². The smallest absolute Gasteiger partial charge is 0.311 e. The largest absolute Gasteiger partial charge is 0.508 e. The number of carbonyl (C=O) groups is 1. The van der Waals surface area contributed by atoms with Gasteiger partial charge in [-0.05, 0) is 52.1 Å². The van der Waals surface area contributed by atoms with E-state index in [0.717, 1.165) is 11.1 Å². The monoisotopic (exact) mass is 354 g/mol. The Balaban J connectivity index is 1.97. The van der Waals surface area contributed by atoms with Crippen LogP contribution in [0.5, 0.6) is 11.5 Å². The maximum atomic E-state index is 12.1. The Morgan fingerprint density at radius 2 is 1.54 bits per heavy atom. The quantitative estimate of drug-likeness (QED) is 0.580. The van der Waals surface area contributed by atoms with Crippen molar-refractivity contribution in [3.8, 4) is 11.5 Å². The fourth-order valence-electron chi connectivity index (χ4n) is 2.79. The summed E-state index contributed by atoms with van der Waals surface area (Å²) in [5.74, 6) is 0.616. The van der Waals surface area contributed by atoms with Crippen molar-refractivity contribution in [1.29, 1.82) is 0 Å². The van der Waals surface area contributed by atoms with E-state index in [1.54, 1.807) is 6.07 Å². The number of phenolic OH excluding ortho intramolecular Hbond substituents is 1. The van der Waals surface area contributed by atoms with Crippen molar-refractivity contribution in [2.75, 3.05) is 0 Å². The SMILES string of the molecule is CC(C)(C)c1ccc(OC(=O)CCc2ccc(O)c(C(C)(C)C)c2)cc1. The second kappa shape index (κ2) is 7.53. The third kappa shape index (κ3) is 5.35. The molecule has 0 fully saturated rings. The van der Waals surface area contributed by atoms with E-state index in [9.17, 15) is 9.90 Å². The van der Waals surface area contributed by atoms with Gasteiger partial charge in [-0.3, -0.25) is 4.79 Å². The summed E-state index contributed by atoms with van der Waals surface area (Å²) in [4.78, 5) is 12.1. The number of benzene rings is 2. The number of rotatable bonds is 4. The number of carbonyl (C=O) groups excluding carboxylic acids is 1. The Hall–Kier alpha value is -2.29. The molecular weight excluding hydrogens is 324 g/mol. The van der Waals surface area contributed by atoms with Gasteiger partial charge >= 0.3 is 5.97 Å². The molecular formula is C23H30O3. The van der Waals surface area contributed by atoms with E-state index in [1.807, 2.05) is 36.4 Å². The molecule has 0 atom stereocenters. The average molecular weight is 354 g/mol. The molecule has 0 saturated carbocycles. The first-order valence-corrected chi connectivity index (χ1v) is 9.10. The Kier molecular flexibility index (Phi) is 5.80. The minimum atomic E-state index is -0.251. The van der Waals surface area contributed by atoms with Crippen LogP contribution in [0.3, 0.4) is 0 Å². The van der Waals surface area contributed by atoms with Crippen LogP contribution < -0.4 is 4.74 Å². The van der Waals surface area contributed by atoms with Gasteiger partial charge in [0.25, 0.3) is 0 Å². The number of aromatic hydroxyl groups is 1. The Bertz CT molecular complexity index is 760. The van der Waals surface area contributed by atoms with Crippen LogP contribution in [0.1, 0.15) is 64.7 Å². The van der Waals surface area contributed by atoms with Gasteiger partial charge in [-0.15, -0.1) is 0 Å². The van der Waals surface area contributed by atoms with Crippen molar-refractivity contribution in [3.05, 3.63) is 59.2 Å². The molecule has 2 aromatic rings. The third-order valence-corrected chi connectivity index (χ3v) is 4.44. The molecule has 0 aromatic heterocycles. The third-order valence-electron chi connectivity index (χ3n) is 4.44. The van der Waals surface area contributed by atoms with Gasteiger partial charge < -0.3 is 9.84 Å². The van der Waals surface area contributed by atoms with Crippen LogP contribution in [-0.2, 0) is 22.0 Å². The molecule has 26 heavy (non-hydrogen) atoms. The van der Waals surface area contributed by atoms with Gasteiger partial charge in [0, 0.05) is 6.42 Å². The van der Waals surface area contributed by atoms with Crippen LogP contribution in [-0.4, -0.2) is 11.1 Å². The lowest BCUT2D eigenvalue weighted by Gasteiger charge is -2.21. The number of hydrogen-bond donors (Lipinski definition) is 1. The highest BCUT2D eigenvalue weighted by Gasteiger charge is 2.19. The van der Waals surface area contributed by atoms with Gasteiger partial charge in [-0.25, -0.2) is 0 Å². The highest BCUT2D eigenvalue weighted by atomic mass is 16.5. The van der Waals surface area contributed by atoms with Crippen molar-refractivity contribution in [1.82, 2.24) is 0 Å². The summed E-state index contributed by atoms with van der Waals surface area (Å²) in [7, 11) is 0. The van der Waals surface area contributed by atoms with E-state index < -0.39 is 0 Å². The zero-order valence-electron chi connectivity index (χ0n) is 16.7. The standard InChI is InChI=1S/C23H30O3/c1-22(2,3)17-9-11-18(12-10-17)26-21(25)14-8-16-7-13-20(24)19(15-16)23(4,5)6/h7,9-13,15,24H,8,14H2,1-6H3. The van der Waals surface area contributed by atoms with Crippen molar-refractivity contribution in [2.24, 2.45) is 0 Å². The Morgan fingerprint density at radius 3 is 2.08 bits per heavy atom. The number of aryl methyl sites for hydroxylation is 1. The summed E-state index contributed by atoms with van der Waals surface area (Å²) in [6.45, 7) is 12.6. The predicted molar refractivity (Wildman–Crippen MR) is 106 cm³/mol. The number of esters is 1. The van der Waals surface area contributed by atoms with Gasteiger partial charge in [0.15, 0.2) is 0 Å². The molecule has 0 spiro atoms. The molecule has 0 aliphatic carbocycles. The highest BCUT2D eigenvalue weighted by Crippen LogP contribution is 2.31. The lowest BCUT2D eigenvalue weighted by atomic mass is 9.85. The van der Waals surface area contributed by atoms with Crippen molar-refractivity contribution >= 4 is 5.97 Å². The molecule has 2 aromatic carbocycles. The van der Waals surface area contributed by atoms with Gasteiger partial charge in [0.2, 0.25) is 0 Å². The van der Waals surface area contributed by atoms with E-state index in [0.29, 0.717) is 24.3 Å². The van der Waals surface area contributed by atoms with Crippen molar-refractivity contribution in [3.63, 3.8) is 0 Å². The first kappa shape index (κ1) is 20.0. The Morgan fingerprint density at radius 1 is 0.923 bits per heavy atom. The Labute approximate surface area is 157 Å². The molecule has 140 valence electrons. The zero-order valence-corrected chi connectivity index (χ0v) is 16.7. The van der Waals surface area contributed by atoms with E-state index in [2.05, 4.69) is 41.5 Å². The van der Waals surface area contributed by atoms with E-state index in [-0.39, 0.29) is 16.8 Å². The van der Waals surface area contributed by atoms with Crippen LogP contribution in [0.15, 0.2) is 42.5 Å². The minimum absolute atomic E-state index is 0.0756. The summed E-state index contributed by atoms with van der Waals surface area (Å²) >= 11 is 0. The molecule has 0 bridgehead atoms. The summed E-state index contributed by atoms with van der Waals surface area (Å²) in [5.41, 5.74) is 3.05. The van der Waals surface area contributed by atoms with Gasteiger partial charge in [-0.1, -0.05) is 65.8 Å². The normalized spacial score (nSPS) is 12.1. The van der Waals surface area contributed by atoms with E-state index in [1.165, 1.54) is 5.56 Å². The summed E-state index contributed by atoms with van der Waals surface area (Å²) in [6.07, 6.45) is 0.887. The minimum Gasteiger partial charge on any atom is -0.508 e. The molecule has 2 rings (SSSR count). The van der Waals surface area contributed by atoms with Crippen molar-refractivity contribution < 1.29 is 14.6 Å². The molecule has 0 aliphatic rings. The van der Waals surface area contributed by atoms with E-state index >= 15 is 0 Å². The lowest BCUT2D eigenvalue weighted by molar-refractivity contribution is -0.134. The van der Waals surface area contributed by atoms with Crippen LogP contribution in [0.2, 0.25) is 0 Å². The fourth-order valence-corrected chi connectivity index (χ4v) is 2.79. The second-order valence-corrected chi connectivity index (χ2v) is 8.85. The summed E-state index contributed by atoms with van der Waals surface area (Å²) in [5, 5.41) is 10.0. The molecule has 3 heteroatoms. The molecule has 0 radical (unpaired) electrons. The average Bonchev–Trinajstić information content (AvgIpc) is 2.52. The maximum Gasteiger partial charge on any atom is 0.311 e. The highest BCUT2D eigenvalue weighted by molar-refractivity contribution is 5.72. The molecule has 3 nitrogen and oxygen atoms in total. The maximum absolute atomic E-state index is 12.1. The molecule has 0 unspecified atom stereocenters. The van der Waals surface area contributed by atoms with Crippen LogP contribution >= 0.6 is 0 Å². The molecule has 0 aliphatic heterocycles. The first-order valence-electron chi connectivity index (χ1n) is 9.10. The van der Waals surface area contributed by atoms with Crippen LogP contribution in [0, 0.1) is 0 Å². The topological polar surface area (TPSA) is 46.5 Å². The number of phenols is 1. The summed E-state index contributed by atoms with van der Waals surface area (Å²) < 4.78 is 5.44. The number of ether oxygens (including phenoxy) is 1. The van der Waals surface area contributed by atoms with Gasteiger partial charge in [0.05, 0.1) is 0 Å². The predicted octanol–water partition coefficient (Wildman–Crippen LogP) is 5.53. The fraction of sp³-hybridized carbons (Fsp3) is 0.435. The molecule has 0 saturated heterocycles. The van der Waals surface area contributed by atoms with Crippen LogP contribution in [0.4, 0.5) is 0 Å². The molecule has 0 heterocycles. The van der Waals surface area contributed by atoms with Gasteiger partial charge in [-0.2, -0.15) is 0 Å². The lowest BCUT2D eigenvalue weighted by Crippen LogP contribution is -2.13. The zero-order chi connectivity index (χ0) is 19.5. The van der Waals surface area contributed by atoms with E-state index in [4.69, 9.17) is 4.74 Å². The number of hydrogen-bond acceptors (Lipinski definition) is 3. The van der Waals surface area contributed by atoms with Crippen LogP contribution in [0.25, 0.3) is 0 Å². The van der Waals surface area contributed by atoms with Crippen molar-refractivity contribution in [2.45, 2.75) is 65.2 Å². The second-order valence-electron chi connectivity index (χ2n) is 8.85.